The van der Waals surface area contributed by atoms with E-state index in [1.807, 2.05) is 0 Å². The molecule has 0 saturated carbocycles. The van der Waals surface area contributed by atoms with Crippen molar-refractivity contribution in [2.75, 3.05) is 7.11 Å². The number of carbonyl (C=O) groups excluding carboxylic acids is 1. The van der Waals surface area contributed by atoms with Crippen molar-refractivity contribution in [3.05, 3.63) is 28.8 Å². The summed E-state index contributed by atoms with van der Waals surface area (Å²) in [6.45, 7) is 0. The average Bonchev–Trinajstić information content (AvgIpc) is 2.70. The van der Waals surface area contributed by atoms with Gasteiger partial charge in [-0.05, 0) is 30.0 Å². The summed E-state index contributed by atoms with van der Waals surface area (Å²) in [5.41, 5.74) is 1.48. The molecule has 1 unspecified atom stereocenters. The van der Waals surface area contributed by atoms with Crippen molar-refractivity contribution in [3.63, 3.8) is 0 Å². The van der Waals surface area contributed by atoms with Crippen molar-refractivity contribution >= 4 is 6.29 Å². The lowest BCUT2D eigenvalue weighted by molar-refractivity contribution is -0.149. The van der Waals surface area contributed by atoms with Crippen molar-refractivity contribution in [2.45, 2.75) is 31.4 Å². The third-order valence-corrected chi connectivity index (χ3v) is 3.32. The number of benzene rings is 1. The molecule has 1 aromatic carbocycles. The summed E-state index contributed by atoms with van der Waals surface area (Å²) in [4.78, 5) is 10.5. The first kappa shape index (κ1) is 12.9. The summed E-state index contributed by atoms with van der Waals surface area (Å²) in [5, 5.41) is 0. The molecule has 1 atom stereocenters. The molecule has 1 aliphatic rings. The van der Waals surface area contributed by atoms with Crippen LogP contribution in [0.5, 0.6) is 5.75 Å². The van der Waals surface area contributed by atoms with Gasteiger partial charge in [-0.15, -0.1) is 0 Å². The van der Waals surface area contributed by atoms with Crippen molar-refractivity contribution in [1.29, 1.82) is 0 Å². The first-order chi connectivity index (χ1) is 8.47. The van der Waals surface area contributed by atoms with Gasteiger partial charge in [-0.1, -0.05) is 6.07 Å². The number of hydrogen-bond acceptors (Lipinski definition) is 2. The molecule has 2 nitrogen and oxygen atoms in total. The summed E-state index contributed by atoms with van der Waals surface area (Å²) in [5.74, 6) is -0.924. The van der Waals surface area contributed by atoms with Crippen LogP contribution in [0, 0.1) is 0 Å². The van der Waals surface area contributed by atoms with Gasteiger partial charge in [0.05, 0.1) is 13.0 Å². The van der Waals surface area contributed by atoms with Gasteiger partial charge in [0.1, 0.15) is 12.0 Å². The van der Waals surface area contributed by atoms with Crippen LogP contribution >= 0.6 is 0 Å². The molecule has 0 fully saturated rings. The number of aldehydes is 1. The lowest BCUT2D eigenvalue weighted by Crippen LogP contribution is -2.18. The van der Waals surface area contributed by atoms with Crippen LogP contribution in [0.15, 0.2) is 12.1 Å². The van der Waals surface area contributed by atoms with E-state index in [0.717, 1.165) is 0 Å². The van der Waals surface area contributed by atoms with E-state index in [9.17, 15) is 18.0 Å². The Hall–Kier alpha value is -1.52. The number of hydrogen-bond donors (Lipinski definition) is 0. The highest BCUT2D eigenvalue weighted by Gasteiger charge is 2.44. The number of ether oxygens (including phenoxy) is 1. The van der Waals surface area contributed by atoms with Gasteiger partial charge < -0.3 is 9.53 Å². The summed E-state index contributed by atoms with van der Waals surface area (Å²) in [6.07, 6.45) is -3.01. The van der Waals surface area contributed by atoms with Crippen LogP contribution < -0.4 is 4.74 Å². The zero-order valence-corrected chi connectivity index (χ0v) is 9.88. The fourth-order valence-corrected chi connectivity index (χ4v) is 2.46. The van der Waals surface area contributed by atoms with E-state index in [-0.39, 0.29) is 12.8 Å². The Labute approximate surface area is 103 Å². The minimum atomic E-state index is -4.22. The van der Waals surface area contributed by atoms with Crippen LogP contribution in [0.2, 0.25) is 0 Å². The maximum Gasteiger partial charge on any atom is 0.395 e. The van der Waals surface area contributed by atoms with Gasteiger partial charge in [0.25, 0.3) is 0 Å². The summed E-state index contributed by atoms with van der Waals surface area (Å²) in [6, 6.07) is 3.09. The number of carbonyl (C=O) groups is 1. The Morgan fingerprint density at radius 3 is 2.72 bits per heavy atom. The molecule has 1 aliphatic carbocycles. The van der Waals surface area contributed by atoms with Crippen molar-refractivity contribution in [1.82, 2.24) is 0 Å². The minimum absolute atomic E-state index is 0.0705. The van der Waals surface area contributed by atoms with Gasteiger partial charge in [0, 0.05) is 12.0 Å². The van der Waals surface area contributed by atoms with Gasteiger partial charge in [0.15, 0.2) is 0 Å². The van der Waals surface area contributed by atoms with E-state index in [2.05, 4.69) is 0 Å². The highest BCUT2D eigenvalue weighted by molar-refractivity contribution is 5.59. The smallest absolute Gasteiger partial charge is 0.395 e. The quantitative estimate of drug-likeness (QED) is 0.779. The molecule has 0 aromatic heterocycles. The predicted molar refractivity (Wildman–Crippen MR) is 59.9 cm³/mol. The fraction of sp³-hybridized carbons (Fsp3) is 0.462. The van der Waals surface area contributed by atoms with E-state index in [0.29, 0.717) is 35.1 Å². The van der Waals surface area contributed by atoms with Gasteiger partial charge in [-0.2, -0.15) is 13.2 Å². The van der Waals surface area contributed by atoms with Gasteiger partial charge in [0.2, 0.25) is 0 Å². The molecule has 0 radical (unpaired) electrons. The van der Waals surface area contributed by atoms with E-state index < -0.39 is 12.1 Å². The van der Waals surface area contributed by atoms with Crippen molar-refractivity contribution < 1.29 is 22.7 Å². The maximum atomic E-state index is 12.8. The Balaban J connectivity index is 2.46. The molecule has 0 N–H and O–H groups in total. The second-order valence-electron chi connectivity index (χ2n) is 4.37. The summed E-state index contributed by atoms with van der Waals surface area (Å²) >= 11 is 0. The number of fused-ring (bicyclic) bond motifs is 1. The largest absolute Gasteiger partial charge is 0.496 e. The molecule has 0 aliphatic heterocycles. The zero-order valence-electron chi connectivity index (χ0n) is 9.88. The molecular formula is C13H13F3O2. The number of alkyl halides is 3. The van der Waals surface area contributed by atoms with Crippen LogP contribution in [0.4, 0.5) is 13.2 Å². The van der Waals surface area contributed by atoms with E-state index in [4.69, 9.17) is 4.74 Å². The molecule has 1 aromatic rings. The first-order valence-corrected chi connectivity index (χ1v) is 5.67. The third kappa shape index (κ3) is 2.21. The highest BCUT2D eigenvalue weighted by Crippen LogP contribution is 2.46. The van der Waals surface area contributed by atoms with E-state index in [1.54, 1.807) is 6.07 Å². The normalized spacial score (nSPS) is 18.6. The number of rotatable bonds is 3. The zero-order chi connectivity index (χ0) is 13.3. The average molecular weight is 258 g/mol. The van der Waals surface area contributed by atoms with Gasteiger partial charge >= 0.3 is 6.18 Å². The molecular weight excluding hydrogens is 245 g/mol. The second-order valence-corrected chi connectivity index (χ2v) is 4.37. The van der Waals surface area contributed by atoms with Crippen molar-refractivity contribution in [2.24, 2.45) is 0 Å². The second kappa shape index (κ2) is 4.63. The molecule has 0 bridgehead atoms. The molecule has 0 heterocycles. The van der Waals surface area contributed by atoms with Crippen LogP contribution in [0.25, 0.3) is 0 Å². The topological polar surface area (TPSA) is 26.3 Å². The van der Waals surface area contributed by atoms with Gasteiger partial charge in [-0.25, -0.2) is 0 Å². The lowest BCUT2D eigenvalue weighted by atomic mass is 9.97. The molecule has 98 valence electrons. The standard InChI is InChI=1S/C13H13F3O2/c1-18-12-7-8-2-3-11(13(14,15)16)10(8)6-9(12)4-5-17/h5-7,11H,2-4H2,1H3. The minimum Gasteiger partial charge on any atom is -0.496 e. The fourth-order valence-electron chi connectivity index (χ4n) is 2.46. The Morgan fingerprint density at radius 2 is 2.17 bits per heavy atom. The molecule has 0 amide bonds. The van der Waals surface area contributed by atoms with Gasteiger partial charge in [-0.3, -0.25) is 0 Å². The van der Waals surface area contributed by atoms with E-state index in [1.165, 1.54) is 13.2 Å². The highest BCUT2D eigenvalue weighted by atomic mass is 19.4. The monoisotopic (exact) mass is 258 g/mol. The third-order valence-electron chi connectivity index (χ3n) is 3.32. The summed E-state index contributed by atoms with van der Waals surface area (Å²) in [7, 11) is 1.45. The Morgan fingerprint density at radius 1 is 1.44 bits per heavy atom. The maximum absolute atomic E-state index is 12.8. The first-order valence-electron chi connectivity index (χ1n) is 5.67. The molecule has 0 saturated heterocycles. The number of halogens is 3. The predicted octanol–water partition coefficient (Wildman–Crippen LogP) is 3.03. The molecule has 18 heavy (non-hydrogen) atoms. The van der Waals surface area contributed by atoms with Crippen LogP contribution in [0.1, 0.15) is 29.0 Å². The molecule has 0 spiro atoms. The summed E-state index contributed by atoms with van der Waals surface area (Å²) < 4.78 is 43.6. The molecule has 5 heteroatoms. The van der Waals surface area contributed by atoms with E-state index >= 15 is 0 Å². The van der Waals surface area contributed by atoms with Crippen LogP contribution in [0.3, 0.4) is 0 Å². The number of methoxy groups -OCH3 is 1. The lowest BCUT2D eigenvalue weighted by Gasteiger charge is -2.17. The SMILES string of the molecule is COc1cc2c(cc1CC=O)C(C(F)(F)F)CC2. The Bertz CT molecular complexity index is 466. The van der Waals surface area contributed by atoms with Crippen LogP contribution in [-0.4, -0.2) is 19.6 Å². The van der Waals surface area contributed by atoms with Crippen molar-refractivity contribution in [3.8, 4) is 5.75 Å². The number of aryl methyl sites for hydroxylation is 1. The van der Waals surface area contributed by atoms with Crippen LogP contribution in [-0.2, 0) is 17.6 Å². The Kier molecular flexibility index (Phi) is 3.32. The molecule has 2 rings (SSSR count).